The number of rotatable bonds is 1. The number of allylic oxidation sites excluding steroid dienone is 4. The summed E-state index contributed by atoms with van der Waals surface area (Å²) < 4.78 is 0. The lowest BCUT2D eigenvalue weighted by Crippen LogP contribution is -2.30. The number of hydrogen-bond donors (Lipinski definition) is 0. The Labute approximate surface area is 74.8 Å². The lowest BCUT2D eigenvalue weighted by Gasteiger charge is -2.29. The fourth-order valence-electron chi connectivity index (χ4n) is 2.15. The molecule has 0 saturated carbocycles. The quantitative estimate of drug-likeness (QED) is 0.573. The minimum Gasteiger partial charge on any atom is -0.306 e. The summed E-state index contributed by atoms with van der Waals surface area (Å²) >= 11 is 0. The first-order valence-corrected chi connectivity index (χ1v) is 4.90. The molecule has 0 radical (unpaired) electrons. The van der Waals surface area contributed by atoms with Gasteiger partial charge in [-0.15, -0.1) is 0 Å². The van der Waals surface area contributed by atoms with Crippen molar-refractivity contribution in [3.63, 3.8) is 0 Å². The smallest absolute Gasteiger partial charge is 0.00161 e. The molecule has 0 amide bonds. The molecule has 0 atom stereocenters. The SMILES string of the molecule is CN1CCC(C2=CC=CC2)CC1. The van der Waals surface area contributed by atoms with Crippen LogP contribution < -0.4 is 0 Å². The molecule has 1 heterocycles. The zero-order chi connectivity index (χ0) is 8.39. The highest BCUT2D eigenvalue weighted by Gasteiger charge is 2.19. The highest BCUT2D eigenvalue weighted by molar-refractivity contribution is 5.25. The van der Waals surface area contributed by atoms with Crippen LogP contribution in [0.1, 0.15) is 19.3 Å². The van der Waals surface area contributed by atoms with E-state index >= 15 is 0 Å². The molecule has 1 saturated heterocycles. The van der Waals surface area contributed by atoms with Crippen molar-refractivity contribution in [2.24, 2.45) is 5.92 Å². The van der Waals surface area contributed by atoms with Crippen molar-refractivity contribution in [1.29, 1.82) is 0 Å². The van der Waals surface area contributed by atoms with E-state index in [9.17, 15) is 0 Å². The zero-order valence-electron chi connectivity index (χ0n) is 7.79. The molecule has 0 aromatic rings. The molecule has 1 fully saturated rings. The Kier molecular flexibility index (Phi) is 2.31. The summed E-state index contributed by atoms with van der Waals surface area (Å²) in [5, 5.41) is 0. The van der Waals surface area contributed by atoms with Gasteiger partial charge in [0.25, 0.3) is 0 Å². The molecule has 0 bridgehead atoms. The first-order chi connectivity index (χ1) is 5.86. The summed E-state index contributed by atoms with van der Waals surface area (Å²) in [7, 11) is 2.22. The Morgan fingerprint density at radius 3 is 2.67 bits per heavy atom. The van der Waals surface area contributed by atoms with Crippen LogP contribution in [-0.4, -0.2) is 25.0 Å². The zero-order valence-corrected chi connectivity index (χ0v) is 7.79. The van der Waals surface area contributed by atoms with Gasteiger partial charge >= 0.3 is 0 Å². The van der Waals surface area contributed by atoms with Crippen LogP contribution in [0.4, 0.5) is 0 Å². The van der Waals surface area contributed by atoms with Gasteiger partial charge in [-0.2, -0.15) is 0 Å². The molecule has 1 heteroatoms. The number of piperidine rings is 1. The molecule has 0 aromatic carbocycles. The normalized spacial score (nSPS) is 26.2. The van der Waals surface area contributed by atoms with Crippen LogP contribution in [0.25, 0.3) is 0 Å². The summed E-state index contributed by atoms with van der Waals surface area (Å²) in [4.78, 5) is 2.43. The van der Waals surface area contributed by atoms with Crippen LogP contribution in [0.15, 0.2) is 23.8 Å². The number of nitrogens with zero attached hydrogens (tertiary/aromatic N) is 1. The van der Waals surface area contributed by atoms with E-state index in [4.69, 9.17) is 0 Å². The first-order valence-electron chi connectivity index (χ1n) is 4.90. The van der Waals surface area contributed by atoms with E-state index in [1.54, 1.807) is 5.57 Å². The molecule has 0 aromatic heterocycles. The van der Waals surface area contributed by atoms with E-state index in [1.807, 2.05) is 0 Å². The van der Waals surface area contributed by atoms with Gasteiger partial charge in [0.2, 0.25) is 0 Å². The molecule has 66 valence electrons. The highest BCUT2D eigenvalue weighted by Crippen LogP contribution is 2.28. The van der Waals surface area contributed by atoms with Crippen molar-refractivity contribution in [3.05, 3.63) is 23.8 Å². The molecule has 2 aliphatic rings. The van der Waals surface area contributed by atoms with Crippen LogP contribution >= 0.6 is 0 Å². The Morgan fingerprint density at radius 2 is 2.08 bits per heavy atom. The third-order valence-corrected chi connectivity index (χ3v) is 3.04. The van der Waals surface area contributed by atoms with Gasteiger partial charge in [0.15, 0.2) is 0 Å². The van der Waals surface area contributed by atoms with Crippen LogP contribution in [0, 0.1) is 5.92 Å². The fraction of sp³-hybridized carbons (Fsp3) is 0.636. The molecule has 0 unspecified atom stereocenters. The summed E-state index contributed by atoms with van der Waals surface area (Å²) in [6.45, 7) is 2.56. The van der Waals surface area contributed by atoms with Crippen LogP contribution in [0.5, 0.6) is 0 Å². The van der Waals surface area contributed by atoms with Crippen molar-refractivity contribution >= 4 is 0 Å². The van der Waals surface area contributed by atoms with Gasteiger partial charge < -0.3 is 4.90 Å². The largest absolute Gasteiger partial charge is 0.306 e. The predicted octanol–water partition coefficient (Wildman–Crippen LogP) is 2.21. The Balaban J connectivity index is 1.90. The minimum atomic E-state index is 0.885. The average molecular weight is 163 g/mol. The van der Waals surface area contributed by atoms with Crippen molar-refractivity contribution in [3.8, 4) is 0 Å². The molecule has 1 nitrogen and oxygen atoms in total. The lowest BCUT2D eigenvalue weighted by molar-refractivity contribution is 0.237. The second-order valence-electron chi connectivity index (χ2n) is 3.95. The molecule has 0 N–H and O–H groups in total. The van der Waals surface area contributed by atoms with Crippen molar-refractivity contribution in [1.82, 2.24) is 4.90 Å². The summed E-state index contributed by atoms with van der Waals surface area (Å²) in [5.74, 6) is 0.885. The van der Waals surface area contributed by atoms with Gasteiger partial charge in [-0.1, -0.05) is 23.8 Å². The monoisotopic (exact) mass is 163 g/mol. The van der Waals surface area contributed by atoms with E-state index in [0.29, 0.717) is 0 Å². The number of likely N-dealkylation sites (tertiary alicyclic amines) is 1. The van der Waals surface area contributed by atoms with E-state index in [-0.39, 0.29) is 0 Å². The maximum atomic E-state index is 2.43. The second kappa shape index (κ2) is 3.44. The lowest BCUT2D eigenvalue weighted by atomic mass is 9.89. The summed E-state index contributed by atoms with van der Waals surface area (Å²) in [5.41, 5.74) is 1.67. The second-order valence-corrected chi connectivity index (χ2v) is 3.95. The van der Waals surface area contributed by atoms with E-state index in [1.165, 1.54) is 32.4 Å². The minimum absolute atomic E-state index is 0.885. The van der Waals surface area contributed by atoms with Crippen molar-refractivity contribution in [2.45, 2.75) is 19.3 Å². The molecule has 1 aliphatic carbocycles. The number of hydrogen-bond acceptors (Lipinski definition) is 1. The van der Waals surface area contributed by atoms with Gasteiger partial charge in [0, 0.05) is 0 Å². The summed E-state index contributed by atoms with van der Waals surface area (Å²) in [6, 6.07) is 0. The molecule has 0 spiro atoms. The van der Waals surface area contributed by atoms with Crippen LogP contribution in [-0.2, 0) is 0 Å². The fourth-order valence-corrected chi connectivity index (χ4v) is 2.15. The maximum absolute atomic E-state index is 2.43. The van der Waals surface area contributed by atoms with Gasteiger partial charge in [-0.05, 0) is 45.3 Å². The molecule has 12 heavy (non-hydrogen) atoms. The Bertz CT molecular complexity index is 207. The molecular weight excluding hydrogens is 146 g/mol. The van der Waals surface area contributed by atoms with Gasteiger partial charge in [0.1, 0.15) is 0 Å². The molecular formula is C11H17N. The maximum Gasteiger partial charge on any atom is -0.00161 e. The standard InChI is InChI=1S/C11H17N/c1-12-8-6-11(7-9-12)10-4-2-3-5-10/h2-4,11H,5-9H2,1H3. The van der Waals surface area contributed by atoms with Crippen molar-refractivity contribution < 1.29 is 0 Å². The van der Waals surface area contributed by atoms with Gasteiger partial charge in [-0.25, -0.2) is 0 Å². The molecule has 1 aliphatic heterocycles. The predicted molar refractivity (Wildman–Crippen MR) is 52.1 cm³/mol. The highest BCUT2D eigenvalue weighted by atomic mass is 15.1. The van der Waals surface area contributed by atoms with E-state index in [0.717, 1.165) is 5.92 Å². The third kappa shape index (κ3) is 1.61. The van der Waals surface area contributed by atoms with Gasteiger partial charge in [0.05, 0.1) is 0 Å². The van der Waals surface area contributed by atoms with E-state index < -0.39 is 0 Å². The first kappa shape index (κ1) is 8.06. The Hall–Kier alpha value is -0.560. The van der Waals surface area contributed by atoms with Crippen LogP contribution in [0.3, 0.4) is 0 Å². The Morgan fingerprint density at radius 1 is 1.33 bits per heavy atom. The van der Waals surface area contributed by atoms with E-state index in [2.05, 4.69) is 30.2 Å². The van der Waals surface area contributed by atoms with Crippen molar-refractivity contribution in [2.75, 3.05) is 20.1 Å². The van der Waals surface area contributed by atoms with Gasteiger partial charge in [-0.3, -0.25) is 0 Å². The summed E-state index contributed by atoms with van der Waals surface area (Å²) in [6.07, 6.45) is 10.7. The third-order valence-electron chi connectivity index (χ3n) is 3.04. The average Bonchev–Trinajstić information content (AvgIpc) is 2.58. The topological polar surface area (TPSA) is 3.24 Å². The van der Waals surface area contributed by atoms with Crippen LogP contribution in [0.2, 0.25) is 0 Å². The molecule has 2 rings (SSSR count).